The van der Waals surface area contributed by atoms with E-state index in [2.05, 4.69) is 16.0 Å². The first-order valence-electron chi connectivity index (χ1n) is 20.5. The van der Waals surface area contributed by atoms with Crippen LogP contribution in [0.25, 0.3) is 0 Å². The van der Waals surface area contributed by atoms with E-state index >= 15 is 0 Å². The predicted molar refractivity (Wildman–Crippen MR) is 204 cm³/mol. The van der Waals surface area contributed by atoms with E-state index in [1.165, 1.54) is 0 Å². The van der Waals surface area contributed by atoms with Crippen LogP contribution < -0.4 is 16.0 Å². The highest BCUT2D eigenvalue weighted by atomic mass is 16.8. The molecule has 0 aromatic heterocycles. The Morgan fingerprint density at radius 3 is 1.45 bits per heavy atom. The monoisotopic (exact) mass is 953 g/mol. The van der Waals surface area contributed by atoms with E-state index in [9.17, 15) is 91.0 Å². The number of ether oxygens (including phenoxy) is 8. The van der Waals surface area contributed by atoms with Crippen molar-refractivity contribution >= 4 is 17.7 Å². The Morgan fingerprint density at radius 1 is 0.523 bits per heavy atom. The zero-order chi connectivity index (χ0) is 48.6. The Hall–Kier alpha value is -2.51. The van der Waals surface area contributed by atoms with E-state index in [0.29, 0.717) is 0 Å². The molecule has 29 heteroatoms. The van der Waals surface area contributed by atoms with E-state index in [1.807, 2.05) is 0 Å². The summed E-state index contributed by atoms with van der Waals surface area (Å²) in [6.45, 7) is -2.23. The maximum atomic E-state index is 12.1. The molecule has 4 aliphatic rings. The van der Waals surface area contributed by atoms with Gasteiger partial charge in [-0.15, -0.1) is 0 Å². The highest BCUT2D eigenvalue weighted by Crippen LogP contribution is 2.33. The molecule has 0 bridgehead atoms. The minimum Gasteiger partial charge on any atom is -0.394 e. The lowest BCUT2D eigenvalue weighted by molar-refractivity contribution is -0.369. The number of aliphatic hydroxyl groups is 15. The fourth-order valence-electron chi connectivity index (χ4n) is 7.61. The lowest BCUT2D eigenvalue weighted by atomic mass is 9.95. The third kappa shape index (κ3) is 13.4. The molecule has 3 amide bonds. The van der Waals surface area contributed by atoms with Crippen LogP contribution in [-0.2, 0) is 52.3 Å². The molecule has 24 atom stereocenters. The summed E-state index contributed by atoms with van der Waals surface area (Å²) in [5.41, 5.74) is 0. The van der Waals surface area contributed by atoms with Crippen molar-refractivity contribution in [3.05, 3.63) is 0 Å². The minimum atomic E-state index is -2.14. The number of hydrogen-bond donors (Lipinski definition) is 18. The van der Waals surface area contributed by atoms with Gasteiger partial charge in [0.25, 0.3) is 0 Å². The molecular formula is C36H63N3O26. The molecule has 0 aromatic carbocycles. The largest absolute Gasteiger partial charge is 0.394 e. The number of amides is 3. The third-order valence-electron chi connectivity index (χ3n) is 11.1. The number of nitrogens with one attached hydrogen (secondary N) is 3. The normalized spacial score (nSPS) is 42.0. The number of carbonyl (C=O) groups is 3. The van der Waals surface area contributed by atoms with Crippen LogP contribution in [0.15, 0.2) is 0 Å². The molecule has 0 radical (unpaired) electrons. The van der Waals surface area contributed by atoms with Crippen LogP contribution in [0.4, 0.5) is 0 Å². The first kappa shape index (κ1) is 55.1. The second-order valence-electron chi connectivity index (χ2n) is 16.0. The summed E-state index contributed by atoms with van der Waals surface area (Å²) in [5.74, 6) is -2.19. The molecule has 29 nitrogen and oxygen atoms in total. The molecule has 0 aliphatic carbocycles. The van der Waals surface area contributed by atoms with Crippen molar-refractivity contribution in [3.63, 3.8) is 0 Å². The highest BCUT2D eigenvalue weighted by Gasteiger charge is 2.54. The standard InChI is InChI=1S/C36H63N3O26/c1-10(44)37-13(4-40)21(48)31(14(47)5-41)64-35-30(57)28(55)24(51)17(62-35)9-59-36-32(65-34-20(39-12(3)46)27(54)23(50)16(7-43)61-34)29(56)25(52)18(63-36)8-58-33-19(38-11(2)45)26(53)22(49)15(6-42)60-33/h13-36,40-43,47-57H,4-9H2,1-3H3,(H,37,44)(H,38,45)(H,39,46)/t13-,14+,15+,16+,17+,18+,19+,20+,21+,22+,23+,24+,25+,26+,27+,28-,29-,30-,31+,32-,33+,34-,35-,36+/m0/s1. The van der Waals surface area contributed by atoms with Gasteiger partial charge in [-0.1, -0.05) is 0 Å². The maximum Gasteiger partial charge on any atom is 0.217 e. The summed E-state index contributed by atoms with van der Waals surface area (Å²) in [7, 11) is 0. The number of hydrogen-bond acceptors (Lipinski definition) is 26. The summed E-state index contributed by atoms with van der Waals surface area (Å²) in [6, 6.07) is -4.58. The Balaban J connectivity index is 1.64. The molecule has 0 aromatic rings. The van der Waals surface area contributed by atoms with Gasteiger partial charge >= 0.3 is 0 Å². The summed E-state index contributed by atoms with van der Waals surface area (Å²) >= 11 is 0. The Morgan fingerprint density at radius 2 is 0.969 bits per heavy atom. The Bertz CT molecular complexity index is 1510. The lowest BCUT2D eigenvalue weighted by Gasteiger charge is -2.48. The maximum absolute atomic E-state index is 12.1. The fourth-order valence-corrected chi connectivity index (χ4v) is 7.61. The minimum absolute atomic E-state index is 0.699. The molecule has 4 fully saturated rings. The quantitative estimate of drug-likeness (QED) is 0.0539. The Labute approximate surface area is 369 Å². The molecule has 4 rings (SSSR count). The summed E-state index contributed by atoms with van der Waals surface area (Å²) in [6.07, 6.45) is -39.4. The van der Waals surface area contributed by atoms with Gasteiger partial charge in [0.2, 0.25) is 17.7 Å². The van der Waals surface area contributed by atoms with Gasteiger partial charge in [0.05, 0.1) is 45.7 Å². The van der Waals surface area contributed by atoms with Gasteiger partial charge in [-0.25, -0.2) is 0 Å². The zero-order valence-corrected chi connectivity index (χ0v) is 35.3. The van der Waals surface area contributed by atoms with Crippen LogP contribution >= 0.6 is 0 Å². The predicted octanol–water partition coefficient (Wildman–Crippen LogP) is -11.9. The van der Waals surface area contributed by atoms with Crippen LogP contribution in [-0.4, -0.2) is 281 Å². The average molecular weight is 954 g/mol. The van der Waals surface area contributed by atoms with Gasteiger partial charge in [0.1, 0.15) is 116 Å². The smallest absolute Gasteiger partial charge is 0.217 e. The second-order valence-corrected chi connectivity index (χ2v) is 16.0. The van der Waals surface area contributed by atoms with E-state index < -0.39 is 204 Å². The first-order valence-corrected chi connectivity index (χ1v) is 20.5. The molecule has 0 spiro atoms. The molecule has 65 heavy (non-hydrogen) atoms. The fraction of sp³-hybridized carbons (Fsp3) is 0.917. The second kappa shape index (κ2) is 24.7. The van der Waals surface area contributed by atoms with Gasteiger partial charge < -0.3 is 130 Å². The number of rotatable bonds is 20. The highest BCUT2D eigenvalue weighted by molar-refractivity contribution is 5.74. The molecule has 4 aliphatic heterocycles. The van der Waals surface area contributed by atoms with E-state index in [4.69, 9.17) is 37.9 Å². The van der Waals surface area contributed by atoms with Crippen molar-refractivity contribution < 1.29 is 129 Å². The van der Waals surface area contributed by atoms with Crippen molar-refractivity contribution in [2.24, 2.45) is 0 Å². The Kier molecular flexibility index (Phi) is 20.9. The summed E-state index contributed by atoms with van der Waals surface area (Å²) in [4.78, 5) is 35.8. The van der Waals surface area contributed by atoms with Crippen molar-refractivity contribution in [1.82, 2.24) is 16.0 Å². The summed E-state index contributed by atoms with van der Waals surface area (Å²) < 4.78 is 45.8. The van der Waals surface area contributed by atoms with Crippen LogP contribution in [0.5, 0.6) is 0 Å². The SMILES string of the molecule is CC(=O)N[C@H]1[C@H](OC[C@H]2O[C@@H](OC[C@H]3O[C@@H](O[C@@H]([C@H](O)[C@H](CO)NC(C)=O)[C@H](O)CO)[C@@H](O)[C@@H](O)[C@@H]3O)[C@@H](O[C@@H]3O[C@H](CO)[C@@H](O)[C@H](O)[C@H]3NC(C)=O)[C@@H](O)[C@@H]2O)O[C@H](CO)[C@@H](O)[C@@H]1O. The molecule has 4 heterocycles. The van der Waals surface area contributed by atoms with Crippen LogP contribution in [0.2, 0.25) is 0 Å². The van der Waals surface area contributed by atoms with Gasteiger partial charge in [-0.3, -0.25) is 14.4 Å². The van der Waals surface area contributed by atoms with Crippen molar-refractivity contribution in [3.8, 4) is 0 Å². The third-order valence-corrected chi connectivity index (χ3v) is 11.1. The lowest BCUT2D eigenvalue weighted by Crippen LogP contribution is -2.68. The molecule has 378 valence electrons. The van der Waals surface area contributed by atoms with Gasteiger partial charge in [-0.05, 0) is 0 Å². The number of aliphatic hydroxyl groups excluding tert-OH is 15. The van der Waals surface area contributed by atoms with E-state index in [-0.39, 0.29) is 0 Å². The average Bonchev–Trinajstić information content (AvgIpc) is 3.26. The number of carbonyl (C=O) groups excluding carboxylic acids is 3. The molecule has 0 unspecified atom stereocenters. The van der Waals surface area contributed by atoms with Crippen molar-refractivity contribution in [1.29, 1.82) is 0 Å². The van der Waals surface area contributed by atoms with Gasteiger partial charge in [0, 0.05) is 20.8 Å². The van der Waals surface area contributed by atoms with Crippen LogP contribution in [0.3, 0.4) is 0 Å². The van der Waals surface area contributed by atoms with Gasteiger partial charge in [0.15, 0.2) is 25.2 Å². The van der Waals surface area contributed by atoms with Gasteiger partial charge in [-0.2, -0.15) is 0 Å². The first-order chi connectivity index (χ1) is 30.6. The van der Waals surface area contributed by atoms with E-state index in [1.54, 1.807) is 0 Å². The van der Waals surface area contributed by atoms with Crippen LogP contribution in [0.1, 0.15) is 20.8 Å². The summed E-state index contributed by atoms with van der Waals surface area (Å²) in [5, 5.41) is 165. The zero-order valence-electron chi connectivity index (χ0n) is 35.3. The molecular weight excluding hydrogens is 890 g/mol. The van der Waals surface area contributed by atoms with Crippen molar-refractivity contribution in [2.75, 3.05) is 39.6 Å². The van der Waals surface area contributed by atoms with Crippen molar-refractivity contribution in [2.45, 2.75) is 168 Å². The molecule has 18 N–H and O–H groups in total. The molecule has 4 saturated heterocycles. The topological polar surface area (TPSA) is 465 Å². The van der Waals surface area contributed by atoms with Crippen LogP contribution in [0, 0.1) is 0 Å². The molecule has 0 saturated carbocycles. The van der Waals surface area contributed by atoms with E-state index in [0.717, 1.165) is 20.8 Å².